The zero-order valence-electron chi connectivity index (χ0n) is 6.66. The van der Waals surface area contributed by atoms with Gasteiger partial charge in [-0.3, -0.25) is 10.6 Å². The van der Waals surface area contributed by atoms with Crippen molar-refractivity contribution < 1.29 is 5.21 Å². The Bertz CT molecular complexity index is 298. The summed E-state index contributed by atoms with van der Waals surface area (Å²) in [5, 5.41) is 12.5. The van der Waals surface area contributed by atoms with Crippen molar-refractivity contribution in [2.24, 2.45) is 10.8 Å². The molecule has 0 amide bonds. The van der Waals surface area contributed by atoms with E-state index in [1.54, 1.807) is 29.7 Å². The second-order valence-corrected chi connectivity index (χ2v) is 2.66. The van der Waals surface area contributed by atoms with E-state index >= 15 is 0 Å². The highest BCUT2D eigenvalue weighted by Crippen LogP contribution is 2.12. The Kier molecular flexibility index (Phi) is 3.36. The molecule has 1 aromatic rings. The molecule has 0 aromatic heterocycles. The van der Waals surface area contributed by atoms with E-state index < -0.39 is 0 Å². The summed E-state index contributed by atoms with van der Waals surface area (Å²) < 4.78 is 0. The molecule has 0 saturated carbocycles. The number of rotatable bonds is 2. The SMILES string of the molecule is N/C(=N\Nc1ccc(Cl)cc1)NO. The van der Waals surface area contributed by atoms with Crippen molar-refractivity contribution in [3.05, 3.63) is 29.3 Å². The Morgan fingerprint density at radius 1 is 1.38 bits per heavy atom. The summed E-state index contributed by atoms with van der Waals surface area (Å²) in [5.74, 6) is -0.116. The molecule has 5 nitrogen and oxygen atoms in total. The number of hydrazone groups is 1. The van der Waals surface area contributed by atoms with Gasteiger partial charge in [0, 0.05) is 5.02 Å². The molecule has 0 fully saturated rings. The van der Waals surface area contributed by atoms with E-state index in [2.05, 4.69) is 10.5 Å². The van der Waals surface area contributed by atoms with Gasteiger partial charge >= 0.3 is 0 Å². The number of benzene rings is 1. The third-order valence-electron chi connectivity index (χ3n) is 1.26. The van der Waals surface area contributed by atoms with E-state index in [1.807, 2.05) is 0 Å². The number of halogens is 1. The lowest BCUT2D eigenvalue weighted by molar-refractivity contribution is 0.233. The molecule has 0 heterocycles. The summed E-state index contributed by atoms with van der Waals surface area (Å²) in [5.41, 5.74) is 10.2. The number of guanidine groups is 1. The molecule has 0 bridgehead atoms. The fourth-order valence-electron chi connectivity index (χ4n) is 0.674. The third kappa shape index (κ3) is 3.18. The summed E-state index contributed by atoms with van der Waals surface area (Å²) in [6.07, 6.45) is 0. The molecule has 0 aliphatic rings. The van der Waals surface area contributed by atoms with Crippen LogP contribution in [0.2, 0.25) is 5.02 Å². The lowest BCUT2D eigenvalue weighted by atomic mass is 10.3. The quantitative estimate of drug-likeness (QED) is 0.326. The van der Waals surface area contributed by atoms with Crippen molar-refractivity contribution in [1.82, 2.24) is 5.48 Å². The monoisotopic (exact) mass is 200 g/mol. The van der Waals surface area contributed by atoms with Gasteiger partial charge in [-0.05, 0) is 24.3 Å². The summed E-state index contributed by atoms with van der Waals surface area (Å²) in [6, 6.07) is 6.89. The predicted octanol–water partition coefficient (Wildman–Crippen LogP) is 0.960. The van der Waals surface area contributed by atoms with Gasteiger partial charge in [0.25, 0.3) is 0 Å². The maximum atomic E-state index is 8.29. The molecule has 1 rings (SSSR count). The fraction of sp³-hybridized carbons (Fsp3) is 0. The van der Waals surface area contributed by atoms with Crippen LogP contribution in [0.5, 0.6) is 0 Å². The van der Waals surface area contributed by atoms with Gasteiger partial charge in [-0.15, -0.1) is 5.10 Å². The van der Waals surface area contributed by atoms with Crippen LogP contribution in [0.25, 0.3) is 0 Å². The van der Waals surface area contributed by atoms with Crippen LogP contribution in [0.4, 0.5) is 5.69 Å². The molecule has 13 heavy (non-hydrogen) atoms. The van der Waals surface area contributed by atoms with Gasteiger partial charge < -0.3 is 5.73 Å². The molecule has 0 aliphatic carbocycles. The lowest BCUT2D eigenvalue weighted by Crippen LogP contribution is -2.29. The van der Waals surface area contributed by atoms with Gasteiger partial charge in [-0.1, -0.05) is 11.6 Å². The van der Waals surface area contributed by atoms with Gasteiger partial charge in [0.2, 0.25) is 5.96 Å². The highest BCUT2D eigenvalue weighted by Gasteiger charge is 1.90. The molecule has 5 N–H and O–H groups in total. The minimum Gasteiger partial charge on any atom is -0.367 e. The summed E-state index contributed by atoms with van der Waals surface area (Å²) in [6.45, 7) is 0. The number of hydroxylamine groups is 1. The largest absolute Gasteiger partial charge is 0.367 e. The summed E-state index contributed by atoms with van der Waals surface area (Å²) in [4.78, 5) is 0. The smallest absolute Gasteiger partial charge is 0.235 e. The molecule has 0 unspecified atom stereocenters. The van der Waals surface area contributed by atoms with Crippen LogP contribution >= 0.6 is 11.6 Å². The van der Waals surface area contributed by atoms with Crippen LogP contribution in [-0.2, 0) is 0 Å². The van der Waals surface area contributed by atoms with Gasteiger partial charge in [-0.25, -0.2) is 5.48 Å². The van der Waals surface area contributed by atoms with Crippen molar-refractivity contribution >= 4 is 23.2 Å². The second kappa shape index (κ2) is 4.54. The van der Waals surface area contributed by atoms with Crippen molar-refractivity contribution in [3.8, 4) is 0 Å². The van der Waals surface area contributed by atoms with Crippen molar-refractivity contribution in [2.75, 3.05) is 5.43 Å². The van der Waals surface area contributed by atoms with E-state index in [-0.39, 0.29) is 5.96 Å². The van der Waals surface area contributed by atoms with Crippen LogP contribution in [0.15, 0.2) is 29.4 Å². The fourth-order valence-corrected chi connectivity index (χ4v) is 0.800. The first kappa shape index (κ1) is 9.63. The van der Waals surface area contributed by atoms with Crippen molar-refractivity contribution in [3.63, 3.8) is 0 Å². The molecule has 0 atom stereocenters. The second-order valence-electron chi connectivity index (χ2n) is 2.23. The van der Waals surface area contributed by atoms with Crippen LogP contribution in [0.3, 0.4) is 0 Å². The van der Waals surface area contributed by atoms with Crippen LogP contribution < -0.4 is 16.6 Å². The van der Waals surface area contributed by atoms with E-state index in [4.69, 9.17) is 22.5 Å². The normalized spacial score (nSPS) is 11.1. The van der Waals surface area contributed by atoms with Crippen LogP contribution in [0.1, 0.15) is 0 Å². The van der Waals surface area contributed by atoms with Crippen molar-refractivity contribution in [1.29, 1.82) is 0 Å². The van der Waals surface area contributed by atoms with Crippen LogP contribution in [0, 0.1) is 0 Å². The van der Waals surface area contributed by atoms with E-state index in [9.17, 15) is 0 Å². The van der Waals surface area contributed by atoms with E-state index in [0.29, 0.717) is 5.02 Å². The Morgan fingerprint density at radius 2 is 2.00 bits per heavy atom. The average molecular weight is 201 g/mol. The number of nitrogens with two attached hydrogens (primary N) is 1. The van der Waals surface area contributed by atoms with Crippen molar-refractivity contribution in [2.45, 2.75) is 0 Å². The molecule has 1 aromatic carbocycles. The zero-order valence-corrected chi connectivity index (χ0v) is 7.42. The molecule has 0 spiro atoms. The zero-order chi connectivity index (χ0) is 9.68. The Morgan fingerprint density at radius 3 is 2.54 bits per heavy atom. The number of nitrogens with one attached hydrogen (secondary N) is 2. The van der Waals surface area contributed by atoms with Crippen LogP contribution in [-0.4, -0.2) is 11.2 Å². The molecule has 70 valence electrons. The number of nitrogens with zero attached hydrogens (tertiary/aromatic N) is 1. The predicted molar refractivity (Wildman–Crippen MR) is 51.6 cm³/mol. The topological polar surface area (TPSA) is 82.7 Å². The number of anilines is 1. The van der Waals surface area contributed by atoms with E-state index in [0.717, 1.165) is 5.69 Å². The lowest BCUT2D eigenvalue weighted by Gasteiger charge is -2.01. The Balaban J connectivity index is 2.60. The minimum atomic E-state index is -0.116. The first-order valence-corrected chi connectivity index (χ1v) is 3.85. The molecular weight excluding hydrogens is 192 g/mol. The molecule has 6 heteroatoms. The average Bonchev–Trinajstić information content (AvgIpc) is 2.16. The number of hydrogen-bond donors (Lipinski definition) is 4. The first-order valence-electron chi connectivity index (χ1n) is 3.47. The first-order chi connectivity index (χ1) is 6.22. The van der Waals surface area contributed by atoms with Gasteiger partial charge in [-0.2, -0.15) is 0 Å². The van der Waals surface area contributed by atoms with Gasteiger partial charge in [0.05, 0.1) is 5.69 Å². The molecule has 0 aliphatic heterocycles. The maximum Gasteiger partial charge on any atom is 0.235 e. The number of hydrogen-bond acceptors (Lipinski definition) is 3. The summed E-state index contributed by atoms with van der Waals surface area (Å²) >= 11 is 5.66. The summed E-state index contributed by atoms with van der Waals surface area (Å²) in [7, 11) is 0. The van der Waals surface area contributed by atoms with Gasteiger partial charge in [0.1, 0.15) is 0 Å². The third-order valence-corrected chi connectivity index (χ3v) is 1.52. The Labute approximate surface area is 80.2 Å². The highest BCUT2D eigenvalue weighted by atomic mass is 35.5. The maximum absolute atomic E-state index is 8.29. The minimum absolute atomic E-state index is 0.116. The van der Waals surface area contributed by atoms with E-state index in [1.165, 1.54) is 0 Å². The molecular formula is C7H9ClN4O. The standard InChI is InChI=1S/C7H9ClN4O/c8-5-1-3-6(4-2-5)10-11-7(9)12-13/h1-4,10,13H,(H3,9,11,12). The molecule has 0 radical (unpaired) electrons. The Hall–Kier alpha value is -1.46. The van der Waals surface area contributed by atoms with Gasteiger partial charge in [0.15, 0.2) is 0 Å². The molecule has 0 saturated heterocycles. The highest BCUT2D eigenvalue weighted by molar-refractivity contribution is 6.30.